The number of hydrogen-bond acceptors (Lipinski definition) is 2. The zero-order valence-electron chi connectivity index (χ0n) is 9.33. The number of carbonyl (C=O) groups excluding carboxylic acids is 1. The maximum Gasteiger partial charge on any atom is 0.255 e. The first-order valence-corrected chi connectivity index (χ1v) is 6.76. The molecule has 0 aromatic heterocycles. The smallest absolute Gasteiger partial charge is 0.255 e. The van der Waals surface area contributed by atoms with E-state index in [1.165, 1.54) is 0 Å². The third kappa shape index (κ3) is 2.64. The van der Waals surface area contributed by atoms with Crippen molar-refractivity contribution in [3.05, 3.63) is 33.3 Å². The molecule has 1 unspecified atom stereocenters. The molecule has 1 fully saturated rings. The van der Waals surface area contributed by atoms with E-state index in [2.05, 4.69) is 15.9 Å². The fraction of sp³-hybridized carbons (Fsp3) is 0.417. The lowest BCUT2D eigenvalue weighted by Gasteiger charge is -2.24. The minimum absolute atomic E-state index is 0.00678. The van der Waals surface area contributed by atoms with E-state index in [-0.39, 0.29) is 11.9 Å². The molecule has 0 saturated carbocycles. The van der Waals surface area contributed by atoms with E-state index in [0.29, 0.717) is 17.1 Å². The topological polar surface area (TPSA) is 46.3 Å². The van der Waals surface area contributed by atoms with Crippen LogP contribution in [-0.4, -0.2) is 29.9 Å². The number of carbonyl (C=O) groups is 1. The lowest BCUT2D eigenvalue weighted by molar-refractivity contribution is 0.0740. The van der Waals surface area contributed by atoms with E-state index in [4.69, 9.17) is 17.3 Å². The largest absolute Gasteiger partial charge is 0.334 e. The van der Waals surface area contributed by atoms with Gasteiger partial charge in [0.25, 0.3) is 5.91 Å². The van der Waals surface area contributed by atoms with Crippen LogP contribution in [0.4, 0.5) is 0 Å². The fourth-order valence-corrected chi connectivity index (χ4v) is 2.75. The van der Waals surface area contributed by atoms with E-state index < -0.39 is 0 Å². The molecule has 2 N–H and O–H groups in total. The van der Waals surface area contributed by atoms with Crippen molar-refractivity contribution in [2.24, 2.45) is 5.73 Å². The van der Waals surface area contributed by atoms with Crippen LogP contribution in [0.15, 0.2) is 22.7 Å². The molecular formula is C12H14BrClN2O. The Bertz CT molecular complexity index is 439. The molecule has 0 radical (unpaired) electrons. The second kappa shape index (κ2) is 5.38. The Morgan fingerprint density at radius 3 is 3.06 bits per heavy atom. The van der Waals surface area contributed by atoms with Gasteiger partial charge in [-0.2, -0.15) is 0 Å². The molecule has 1 amide bonds. The van der Waals surface area contributed by atoms with Gasteiger partial charge in [-0.25, -0.2) is 0 Å². The molecule has 1 aromatic rings. The summed E-state index contributed by atoms with van der Waals surface area (Å²) in [7, 11) is 0. The monoisotopic (exact) mass is 316 g/mol. The van der Waals surface area contributed by atoms with E-state index in [1.807, 2.05) is 4.90 Å². The highest BCUT2D eigenvalue weighted by atomic mass is 79.9. The van der Waals surface area contributed by atoms with Gasteiger partial charge in [0.05, 0.1) is 5.56 Å². The van der Waals surface area contributed by atoms with Crippen molar-refractivity contribution in [1.29, 1.82) is 0 Å². The van der Waals surface area contributed by atoms with Crippen LogP contribution >= 0.6 is 27.5 Å². The second-order valence-electron chi connectivity index (χ2n) is 4.15. The number of nitrogens with zero attached hydrogens (tertiary/aromatic N) is 1. The van der Waals surface area contributed by atoms with E-state index in [9.17, 15) is 4.79 Å². The average molecular weight is 318 g/mol. The molecule has 1 aliphatic rings. The minimum Gasteiger partial charge on any atom is -0.334 e. The summed E-state index contributed by atoms with van der Waals surface area (Å²) in [6.07, 6.45) is 2.01. The number of amides is 1. The molecular weight excluding hydrogens is 304 g/mol. The van der Waals surface area contributed by atoms with Gasteiger partial charge in [0, 0.05) is 28.6 Å². The van der Waals surface area contributed by atoms with Gasteiger partial charge in [-0.15, -0.1) is 0 Å². The molecule has 1 aliphatic heterocycles. The fourth-order valence-electron chi connectivity index (χ4n) is 2.16. The molecule has 0 aliphatic carbocycles. The molecule has 17 heavy (non-hydrogen) atoms. The second-order valence-corrected chi connectivity index (χ2v) is 5.45. The predicted molar refractivity (Wildman–Crippen MR) is 72.3 cm³/mol. The lowest BCUT2D eigenvalue weighted by Crippen LogP contribution is -2.40. The number of likely N-dealkylation sites (tertiary alicyclic amines) is 1. The Labute approximate surface area is 114 Å². The summed E-state index contributed by atoms with van der Waals surface area (Å²) in [5.74, 6) is 0.00678. The molecule has 2 rings (SSSR count). The molecule has 0 spiro atoms. The van der Waals surface area contributed by atoms with Crippen LogP contribution < -0.4 is 5.73 Å². The maximum absolute atomic E-state index is 12.4. The van der Waals surface area contributed by atoms with E-state index >= 15 is 0 Å². The molecule has 1 aromatic carbocycles. The van der Waals surface area contributed by atoms with Gasteiger partial charge in [-0.05, 0) is 47.0 Å². The highest BCUT2D eigenvalue weighted by Gasteiger charge is 2.29. The summed E-state index contributed by atoms with van der Waals surface area (Å²) in [4.78, 5) is 14.2. The van der Waals surface area contributed by atoms with E-state index in [1.54, 1.807) is 18.2 Å². The summed E-state index contributed by atoms with van der Waals surface area (Å²) in [5.41, 5.74) is 6.29. The lowest BCUT2D eigenvalue weighted by atomic mass is 10.1. The Kier molecular flexibility index (Phi) is 4.07. The molecule has 1 heterocycles. The zero-order valence-corrected chi connectivity index (χ0v) is 11.7. The molecule has 1 saturated heterocycles. The van der Waals surface area contributed by atoms with Crippen molar-refractivity contribution >= 4 is 33.4 Å². The van der Waals surface area contributed by atoms with Gasteiger partial charge < -0.3 is 10.6 Å². The number of nitrogens with two attached hydrogens (primary N) is 1. The van der Waals surface area contributed by atoms with Gasteiger partial charge >= 0.3 is 0 Å². The SMILES string of the molecule is NCC1CCCN1C(=O)c1cc(Cl)ccc1Br. The van der Waals surface area contributed by atoms with Crippen molar-refractivity contribution in [3.8, 4) is 0 Å². The van der Waals surface area contributed by atoms with Gasteiger partial charge in [-0.3, -0.25) is 4.79 Å². The Morgan fingerprint density at radius 1 is 1.59 bits per heavy atom. The Morgan fingerprint density at radius 2 is 2.35 bits per heavy atom. The highest BCUT2D eigenvalue weighted by molar-refractivity contribution is 9.10. The summed E-state index contributed by atoms with van der Waals surface area (Å²) in [6, 6.07) is 5.41. The van der Waals surface area contributed by atoms with Crippen LogP contribution in [0, 0.1) is 0 Å². The van der Waals surface area contributed by atoms with Gasteiger partial charge in [-0.1, -0.05) is 11.6 Å². The predicted octanol–water partition coefficient (Wildman–Crippen LogP) is 2.67. The first-order valence-electron chi connectivity index (χ1n) is 5.59. The number of benzene rings is 1. The molecule has 92 valence electrons. The van der Waals surface area contributed by atoms with Crippen LogP contribution in [0.2, 0.25) is 5.02 Å². The number of hydrogen-bond donors (Lipinski definition) is 1. The van der Waals surface area contributed by atoms with Crippen molar-refractivity contribution in [2.75, 3.05) is 13.1 Å². The summed E-state index contributed by atoms with van der Waals surface area (Å²) < 4.78 is 0.773. The van der Waals surface area contributed by atoms with Crippen molar-refractivity contribution in [3.63, 3.8) is 0 Å². The van der Waals surface area contributed by atoms with Crippen LogP contribution in [0.5, 0.6) is 0 Å². The van der Waals surface area contributed by atoms with Crippen LogP contribution in [0.25, 0.3) is 0 Å². The molecule has 5 heteroatoms. The third-order valence-electron chi connectivity index (χ3n) is 3.07. The van der Waals surface area contributed by atoms with Crippen molar-refractivity contribution in [2.45, 2.75) is 18.9 Å². The van der Waals surface area contributed by atoms with Gasteiger partial charge in [0.1, 0.15) is 0 Å². The third-order valence-corrected chi connectivity index (χ3v) is 4.00. The molecule has 0 bridgehead atoms. The minimum atomic E-state index is 0.00678. The molecule has 3 nitrogen and oxygen atoms in total. The van der Waals surface area contributed by atoms with Crippen LogP contribution in [0.1, 0.15) is 23.2 Å². The quantitative estimate of drug-likeness (QED) is 0.911. The normalized spacial score (nSPS) is 19.7. The van der Waals surface area contributed by atoms with Gasteiger partial charge in [0.2, 0.25) is 0 Å². The highest BCUT2D eigenvalue weighted by Crippen LogP contribution is 2.26. The standard InChI is InChI=1S/C12H14BrClN2O/c13-11-4-3-8(14)6-10(11)12(17)16-5-1-2-9(16)7-15/h3-4,6,9H,1-2,5,7,15H2. The van der Waals surface area contributed by atoms with Crippen molar-refractivity contribution in [1.82, 2.24) is 4.90 Å². The Hall–Kier alpha value is -0.580. The maximum atomic E-state index is 12.4. The molecule has 1 atom stereocenters. The number of halogens is 2. The van der Waals surface area contributed by atoms with Crippen molar-refractivity contribution < 1.29 is 4.79 Å². The first kappa shape index (κ1) is 12.9. The first-order chi connectivity index (χ1) is 8.13. The average Bonchev–Trinajstić information content (AvgIpc) is 2.79. The van der Waals surface area contributed by atoms with Crippen LogP contribution in [0.3, 0.4) is 0 Å². The summed E-state index contributed by atoms with van der Waals surface area (Å²) in [6.45, 7) is 1.30. The van der Waals surface area contributed by atoms with Gasteiger partial charge in [0.15, 0.2) is 0 Å². The summed E-state index contributed by atoms with van der Waals surface area (Å²) in [5, 5.41) is 0.569. The van der Waals surface area contributed by atoms with E-state index in [0.717, 1.165) is 23.9 Å². The summed E-state index contributed by atoms with van der Waals surface area (Å²) >= 11 is 9.30. The number of rotatable bonds is 2. The Balaban J connectivity index is 2.27. The van der Waals surface area contributed by atoms with Crippen LogP contribution in [-0.2, 0) is 0 Å². The zero-order chi connectivity index (χ0) is 12.4.